The van der Waals surface area contributed by atoms with Crippen molar-refractivity contribution in [3.8, 4) is 0 Å². The third-order valence-corrected chi connectivity index (χ3v) is 4.26. The zero-order valence-corrected chi connectivity index (χ0v) is 16.1. The molecule has 1 N–H and O–H groups in total. The second-order valence-corrected chi connectivity index (χ2v) is 6.63. The molecule has 21 heteroatoms. The fourth-order valence-corrected chi connectivity index (χ4v) is 2.18. The zero-order valence-electron chi connectivity index (χ0n) is 16.1. The number of anilines is 1. The van der Waals surface area contributed by atoms with Gasteiger partial charge in [0.15, 0.2) is 0 Å². The summed E-state index contributed by atoms with van der Waals surface area (Å²) in [5, 5.41) is 11.1. The average molecular weight is 566 g/mol. The summed E-state index contributed by atoms with van der Waals surface area (Å²) in [6.07, 6.45) is -5.97. The van der Waals surface area contributed by atoms with Gasteiger partial charge in [-0.1, -0.05) is 6.07 Å². The van der Waals surface area contributed by atoms with Crippen molar-refractivity contribution in [1.82, 2.24) is 0 Å². The highest BCUT2D eigenvalue weighted by Gasteiger charge is 2.94. The Hall–Kier alpha value is -3.03. The molecule has 206 valence electrons. The van der Waals surface area contributed by atoms with Gasteiger partial charge in [-0.3, -0.25) is 14.9 Å². The van der Waals surface area contributed by atoms with Gasteiger partial charge in [0.2, 0.25) is 0 Å². The summed E-state index contributed by atoms with van der Waals surface area (Å²) >= 11 is 0. The minimum Gasteiger partial charge on any atom is -0.320 e. The van der Waals surface area contributed by atoms with Crippen molar-refractivity contribution >= 4 is 17.3 Å². The van der Waals surface area contributed by atoms with E-state index >= 15 is 0 Å². The first-order chi connectivity index (χ1) is 15.7. The molecule has 1 amide bonds. The van der Waals surface area contributed by atoms with Gasteiger partial charge < -0.3 is 5.32 Å². The van der Waals surface area contributed by atoms with Gasteiger partial charge in [-0.25, -0.2) is 8.78 Å². The Morgan fingerprint density at radius 2 is 1.17 bits per heavy atom. The van der Waals surface area contributed by atoms with E-state index in [0.717, 1.165) is 0 Å². The molecule has 5 nitrogen and oxygen atoms in total. The number of hydrogen-bond donors (Lipinski definition) is 1. The first-order valence-electron chi connectivity index (χ1n) is 8.24. The van der Waals surface area contributed by atoms with Gasteiger partial charge in [0, 0.05) is 17.8 Å². The van der Waals surface area contributed by atoms with Crippen LogP contribution in [0.25, 0.3) is 0 Å². The Labute approximate surface area is 186 Å². The van der Waals surface area contributed by atoms with Crippen molar-refractivity contribution in [1.29, 1.82) is 0 Å². The molecule has 0 radical (unpaired) electrons. The topological polar surface area (TPSA) is 72.2 Å². The Morgan fingerprint density at radius 3 is 1.58 bits per heavy atom. The summed E-state index contributed by atoms with van der Waals surface area (Å²) in [7, 11) is 0. The first-order valence-corrected chi connectivity index (χ1v) is 8.24. The lowest BCUT2D eigenvalue weighted by Crippen LogP contribution is -2.74. The van der Waals surface area contributed by atoms with Gasteiger partial charge in [-0.15, -0.1) is 0 Å². The summed E-state index contributed by atoms with van der Waals surface area (Å²) in [6.45, 7) is 0. The Balaban J connectivity index is 3.54. The number of amides is 1. The van der Waals surface area contributed by atoms with Crippen molar-refractivity contribution < 1.29 is 80.0 Å². The summed E-state index contributed by atoms with van der Waals surface area (Å²) in [4.78, 5) is 20.7. The van der Waals surface area contributed by atoms with Crippen molar-refractivity contribution in [2.45, 2.75) is 47.9 Å². The highest BCUT2D eigenvalue weighted by atomic mass is 19.4. The van der Waals surface area contributed by atoms with E-state index in [4.69, 9.17) is 0 Å². The summed E-state index contributed by atoms with van der Waals surface area (Å²) in [5.41, 5.74) is -2.31. The van der Waals surface area contributed by atoms with E-state index < -0.39 is 70.1 Å². The number of hydrogen-bond acceptors (Lipinski definition) is 3. The van der Waals surface area contributed by atoms with Crippen LogP contribution < -0.4 is 5.32 Å². The van der Waals surface area contributed by atoms with Gasteiger partial charge in [-0.05, 0) is 6.07 Å². The van der Waals surface area contributed by atoms with E-state index in [9.17, 15) is 85.2 Å². The SMILES string of the molecule is O=C(Nc1cccc([N+](=O)[O-])c1)C(F)(F)C(F)(F)C(F)(F)C(F)(F)C(F)(F)C(F)(F)C(F)(F)C(F)F. The number of carbonyl (C=O) groups excluding carboxylic acids is 1. The molecule has 0 aliphatic heterocycles. The average Bonchev–Trinajstić information content (AvgIpc) is 2.72. The van der Waals surface area contributed by atoms with Crippen molar-refractivity contribution in [2.24, 2.45) is 0 Å². The van der Waals surface area contributed by atoms with Crippen LogP contribution in [0.1, 0.15) is 0 Å². The zero-order chi connectivity index (χ0) is 28.9. The summed E-state index contributed by atoms with van der Waals surface area (Å²) < 4.78 is 212. The maximum atomic E-state index is 13.8. The quantitative estimate of drug-likeness (QED) is 0.207. The smallest absolute Gasteiger partial charge is 0.320 e. The number of halogens is 16. The first kappa shape index (κ1) is 31.0. The molecule has 0 unspecified atom stereocenters. The van der Waals surface area contributed by atoms with Crippen LogP contribution in [0, 0.1) is 10.1 Å². The van der Waals surface area contributed by atoms with Crippen LogP contribution in [0.15, 0.2) is 24.3 Å². The molecule has 1 aromatic rings. The number of non-ortho nitro benzene ring substituents is 1. The van der Waals surface area contributed by atoms with Gasteiger partial charge in [0.25, 0.3) is 5.69 Å². The lowest BCUT2D eigenvalue weighted by molar-refractivity contribution is -0.443. The molecule has 0 aliphatic carbocycles. The number of benzene rings is 1. The molecule has 0 atom stereocenters. The Bertz CT molecular complexity index is 1010. The molecule has 0 bridgehead atoms. The van der Waals surface area contributed by atoms with Crippen LogP contribution in [0.3, 0.4) is 0 Å². The lowest BCUT2D eigenvalue weighted by atomic mass is 9.89. The minimum atomic E-state index is -8.64. The van der Waals surface area contributed by atoms with Crippen LogP contribution in [0.2, 0.25) is 0 Å². The fourth-order valence-electron chi connectivity index (χ4n) is 2.18. The molecule has 0 aromatic heterocycles. The number of nitrogens with one attached hydrogen (secondary N) is 1. The molecule has 0 spiro atoms. The third kappa shape index (κ3) is 4.24. The number of alkyl halides is 16. The fraction of sp³-hybridized carbons (Fsp3) is 0.533. The minimum absolute atomic E-state index is 0.125. The Morgan fingerprint density at radius 1 is 0.750 bits per heavy atom. The molecule has 0 fully saturated rings. The van der Waals surface area contributed by atoms with Gasteiger partial charge in [-0.2, -0.15) is 61.5 Å². The molecule has 1 aromatic carbocycles. The van der Waals surface area contributed by atoms with E-state index in [1.807, 2.05) is 0 Å². The second kappa shape index (κ2) is 8.82. The summed E-state index contributed by atoms with van der Waals surface area (Å²) in [5.74, 6) is -60.6. The largest absolute Gasteiger partial charge is 0.393 e. The molecule has 1 rings (SSSR count). The van der Waals surface area contributed by atoms with Gasteiger partial charge in [0.05, 0.1) is 4.92 Å². The number of nitrogens with zero attached hydrogens (tertiary/aromatic N) is 1. The van der Waals surface area contributed by atoms with Crippen LogP contribution >= 0.6 is 0 Å². The molecule has 0 saturated carbocycles. The van der Waals surface area contributed by atoms with E-state index in [-0.39, 0.29) is 6.07 Å². The maximum Gasteiger partial charge on any atom is 0.393 e. The van der Waals surface area contributed by atoms with Crippen LogP contribution in [-0.2, 0) is 4.79 Å². The van der Waals surface area contributed by atoms with E-state index in [0.29, 0.717) is 23.5 Å². The highest BCUT2D eigenvalue weighted by Crippen LogP contribution is 2.62. The maximum absolute atomic E-state index is 13.8. The molecule has 0 aliphatic rings. The van der Waals surface area contributed by atoms with Crippen LogP contribution in [0.4, 0.5) is 81.6 Å². The number of nitro groups is 1. The summed E-state index contributed by atoms with van der Waals surface area (Å²) in [6, 6.07) is 1.72. The van der Waals surface area contributed by atoms with Crippen molar-refractivity contribution in [3.63, 3.8) is 0 Å². The van der Waals surface area contributed by atoms with E-state index in [1.54, 1.807) is 0 Å². The lowest BCUT2D eigenvalue weighted by Gasteiger charge is -2.42. The number of rotatable bonds is 10. The van der Waals surface area contributed by atoms with Gasteiger partial charge >= 0.3 is 53.8 Å². The monoisotopic (exact) mass is 566 g/mol. The molecular weight excluding hydrogens is 560 g/mol. The molecule has 36 heavy (non-hydrogen) atoms. The van der Waals surface area contributed by atoms with Crippen LogP contribution in [0.5, 0.6) is 0 Å². The van der Waals surface area contributed by atoms with Crippen LogP contribution in [-0.4, -0.2) is 58.7 Å². The predicted molar refractivity (Wildman–Crippen MR) is 82.4 cm³/mol. The molecule has 0 saturated heterocycles. The van der Waals surface area contributed by atoms with Crippen molar-refractivity contribution in [2.75, 3.05) is 5.32 Å². The normalized spacial score (nSPS) is 14.7. The standard InChI is InChI=1S/C15H6F16N2O3/c16-7(17)9(18,19)11(22,23)13(26,27)15(30,31)14(28,29)12(24,25)10(20,21)8(34)32-5-2-1-3-6(4-5)33(35)36/h1-4,7H,(H,32,34). The Kier molecular flexibility index (Phi) is 7.59. The third-order valence-electron chi connectivity index (χ3n) is 4.26. The molecular formula is C15H6F16N2O3. The highest BCUT2D eigenvalue weighted by molar-refractivity contribution is 5.97. The second-order valence-electron chi connectivity index (χ2n) is 6.63. The molecule has 0 heterocycles. The van der Waals surface area contributed by atoms with Gasteiger partial charge in [0.1, 0.15) is 0 Å². The number of carbonyl (C=O) groups is 1. The predicted octanol–water partition coefficient (Wildman–Crippen LogP) is 6.25. The van der Waals surface area contributed by atoms with E-state index in [1.165, 1.54) is 0 Å². The number of nitro benzene ring substituents is 1. The van der Waals surface area contributed by atoms with Crippen molar-refractivity contribution in [3.05, 3.63) is 34.4 Å². The van der Waals surface area contributed by atoms with E-state index in [2.05, 4.69) is 0 Å².